The predicted molar refractivity (Wildman–Crippen MR) is 71.0 cm³/mol. The van der Waals surface area contributed by atoms with Crippen molar-refractivity contribution in [3.63, 3.8) is 0 Å². The summed E-state index contributed by atoms with van der Waals surface area (Å²) in [5.74, 6) is 0.670. The van der Waals surface area contributed by atoms with E-state index in [4.69, 9.17) is 11.6 Å². The average molecular weight is 258 g/mol. The van der Waals surface area contributed by atoms with Crippen LogP contribution in [0.5, 0.6) is 0 Å². The third kappa shape index (κ3) is 3.42. The molecular formula is C12H16ClNOS. The van der Waals surface area contributed by atoms with Crippen molar-refractivity contribution in [2.45, 2.75) is 13.0 Å². The first kappa shape index (κ1) is 13.4. The lowest BCUT2D eigenvalue weighted by Gasteiger charge is -2.25. The molecule has 1 aromatic rings. The van der Waals surface area contributed by atoms with Gasteiger partial charge in [-0.25, -0.2) is 0 Å². The Hall–Kier alpha value is -0.670. The van der Waals surface area contributed by atoms with E-state index in [1.54, 1.807) is 16.7 Å². The monoisotopic (exact) mass is 257 g/mol. The SMILES string of the molecule is CSCC(=O)N(C)[C@H](C)c1ccc(Cl)cc1. The van der Waals surface area contributed by atoms with Crippen LogP contribution in [0.3, 0.4) is 0 Å². The van der Waals surface area contributed by atoms with E-state index < -0.39 is 0 Å². The van der Waals surface area contributed by atoms with E-state index in [1.165, 1.54) is 0 Å². The molecule has 1 atom stereocenters. The van der Waals surface area contributed by atoms with E-state index in [0.717, 1.165) is 5.56 Å². The van der Waals surface area contributed by atoms with Crippen molar-refractivity contribution in [1.82, 2.24) is 4.90 Å². The van der Waals surface area contributed by atoms with Gasteiger partial charge in [-0.05, 0) is 30.9 Å². The highest BCUT2D eigenvalue weighted by molar-refractivity contribution is 7.99. The molecule has 0 radical (unpaired) electrons. The summed E-state index contributed by atoms with van der Waals surface area (Å²) in [6, 6.07) is 7.68. The zero-order chi connectivity index (χ0) is 12.1. The molecule has 0 unspecified atom stereocenters. The standard InChI is InChI=1S/C12H16ClNOS/c1-9(14(2)12(15)8-16-3)10-4-6-11(13)7-5-10/h4-7,9H,8H2,1-3H3/t9-/m1/s1. The molecule has 0 bridgehead atoms. The summed E-state index contributed by atoms with van der Waals surface area (Å²) in [7, 11) is 1.83. The van der Waals surface area contributed by atoms with Crippen LogP contribution in [0.25, 0.3) is 0 Å². The van der Waals surface area contributed by atoms with Crippen LogP contribution in [0.1, 0.15) is 18.5 Å². The van der Waals surface area contributed by atoms with Crippen molar-refractivity contribution in [3.8, 4) is 0 Å². The van der Waals surface area contributed by atoms with E-state index in [9.17, 15) is 4.79 Å². The number of thioether (sulfide) groups is 1. The summed E-state index contributed by atoms with van der Waals surface area (Å²) in [5, 5.41) is 0.717. The number of hydrogen-bond acceptors (Lipinski definition) is 2. The van der Waals surface area contributed by atoms with Crippen LogP contribution >= 0.6 is 23.4 Å². The van der Waals surface area contributed by atoms with Gasteiger partial charge in [-0.3, -0.25) is 4.79 Å². The highest BCUT2D eigenvalue weighted by Gasteiger charge is 2.16. The minimum atomic E-state index is 0.0805. The number of carbonyl (C=O) groups excluding carboxylic acids is 1. The molecule has 0 aliphatic rings. The molecule has 88 valence electrons. The van der Waals surface area contributed by atoms with Crippen LogP contribution in [0.4, 0.5) is 0 Å². The maximum absolute atomic E-state index is 11.7. The summed E-state index contributed by atoms with van der Waals surface area (Å²) in [4.78, 5) is 13.5. The quantitative estimate of drug-likeness (QED) is 0.826. The molecule has 2 nitrogen and oxygen atoms in total. The lowest BCUT2D eigenvalue weighted by Crippen LogP contribution is -2.30. The number of nitrogens with zero attached hydrogens (tertiary/aromatic N) is 1. The number of amides is 1. The molecule has 0 saturated heterocycles. The van der Waals surface area contributed by atoms with Crippen molar-refractivity contribution in [1.29, 1.82) is 0 Å². The van der Waals surface area contributed by atoms with E-state index in [2.05, 4.69) is 0 Å². The van der Waals surface area contributed by atoms with Gasteiger partial charge in [0.1, 0.15) is 0 Å². The van der Waals surface area contributed by atoms with Gasteiger partial charge in [0.25, 0.3) is 0 Å². The fourth-order valence-electron chi connectivity index (χ4n) is 1.41. The second-order valence-corrected chi connectivity index (χ2v) is 4.97. The third-order valence-corrected chi connectivity index (χ3v) is 3.38. The molecule has 1 rings (SSSR count). The molecule has 1 aromatic carbocycles. The number of benzene rings is 1. The summed E-state index contributed by atoms with van der Waals surface area (Å²) >= 11 is 7.37. The third-order valence-electron chi connectivity index (χ3n) is 2.59. The van der Waals surface area contributed by atoms with Crippen molar-refractivity contribution in [3.05, 3.63) is 34.9 Å². The molecule has 0 N–H and O–H groups in total. The summed E-state index contributed by atoms with van der Waals surface area (Å²) in [6.45, 7) is 2.02. The Morgan fingerprint density at radius 3 is 2.50 bits per heavy atom. The lowest BCUT2D eigenvalue weighted by atomic mass is 10.1. The van der Waals surface area contributed by atoms with E-state index in [0.29, 0.717) is 10.8 Å². The van der Waals surface area contributed by atoms with Crippen LogP contribution in [0, 0.1) is 0 Å². The van der Waals surface area contributed by atoms with Crippen LogP contribution < -0.4 is 0 Å². The van der Waals surface area contributed by atoms with Gasteiger partial charge in [-0.2, -0.15) is 11.8 Å². The van der Waals surface area contributed by atoms with Crippen LogP contribution in [-0.2, 0) is 4.79 Å². The number of halogens is 1. The molecule has 0 fully saturated rings. The highest BCUT2D eigenvalue weighted by Crippen LogP contribution is 2.21. The first-order valence-corrected chi connectivity index (χ1v) is 6.83. The van der Waals surface area contributed by atoms with Gasteiger partial charge in [0.05, 0.1) is 11.8 Å². The molecular weight excluding hydrogens is 242 g/mol. The van der Waals surface area contributed by atoms with Gasteiger partial charge in [-0.15, -0.1) is 0 Å². The molecule has 4 heteroatoms. The van der Waals surface area contributed by atoms with Gasteiger partial charge in [0.2, 0.25) is 5.91 Å². The van der Waals surface area contributed by atoms with Gasteiger partial charge in [0, 0.05) is 12.1 Å². The van der Waals surface area contributed by atoms with Crippen LogP contribution in [-0.4, -0.2) is 29.9 Å². The fourth-order valence-corrected chi connectivity index (χ4v) is 1.98. The highest BCUT2D eigenvalue weighted by atomic mass is 35.5. The Bertz CT molecular complexity index is 353. The molecule has 0 saturated carbocycles. The fraction of sp³-hybridized carbons (Fsp3) is 0.417. The van der Waals surface area contributed by atoms with Gasteiger partial charge in [-0.1, -0.05) is 23.7 Å². The number of rotatable bonds is 4. The average Bonchev–Trinajstić information content (AvgIpc) is 2.28. The molecule has 0 aliphatic heterocycles. The number of hydrogen-bond donors (Lipinski definition) is 0. The van der Waals surface area contributed by atoms with Gasteiger partial charge >= 0.3 is 0 Å². The van der Waals surface area contributed by atoms with Crippen LogP contribution in [0.2, 0.25) is 5.02 Å². The normalized spacial score (nSPS) is 12.2. The van der Waals surface area contributed by atoms with Crippen molar-refractivity contribution < 1.29 is 4.79 Å². The zero-order valence-corrected chi connectivity index (χ0v) is 11.3. The van der Waals surface area contributed by atoms with Crippen molar-refractivity contribution >= 4 is 29.3 Å². The Morgan fingerprint density at radius 1 is 1.44 bits per heavy atom. The molecule has 0 aromatic heterocycles. The summed E-state index contributed by atoms with van der Waals surface area (Å²) in [5.41, 5.74) is 1.10. The molecule has 0 heterocycles. The second-order valence-electron chi connectivity index (χ2n) is 3.67. The maximum Gasteiger partial charge on any atom is 0.232 e. The number of carbonyl (C=O) groups is 1. The largest absolute Gasteiger partial charge is 0.338 e. The molecule has 0 aliphatic carbocycles. The van der Waals surface area contributed by atoms with Crippen LogP contribution in [0.15, 0.2) is 24.3 Å². The summed E-state index contributed by atoms with van der Waals surface area (Å²) in [6.07, 6.45) is 1.93. The first-order valence-electron chi connectivity index (χ1n) is 5.06. The molecule has 16 heavy (non-hydrogen) atoms. The van der Waals surface area contributed by atoms with E-state index >= 15 is 0 Å². The smallest absolute Gasteiger partial charge is 0.232 e. The molecule has 0 spiro atoms. The first-order chi connectivity index (χ1) is 7.56. The zero-order valence-electron chi connectivity index (χ0n) is 9.74. The topological polar surface area (TPSA) is 20.3 Å². The van der Waals surface area contributed by atoms with E-state index in [-0.39, 0.29) is 11.9 Å². The minimum Gasteiger partial charge on any atom is -0.338 e. The minimum absolute atomic E-state index is 0.0805. The van der Waals surface area contributed by atoms with Crippen molar-refractivity contribution in [2.24, 2.45) is 0 Å². The predicted octanol–water partition coefficient (Wildman–Crippen LogP) is 3.22. The van der Waals surface area contributed by atoms with Gasteiger partial charge < -0.3 is 4.90 Å². The second kappa shape index (κ2) is 6.16. The Labute approximate surface area is 106 Å². The molecule has 1 amide bonds. The van der Waals surface area contributed by atoms with Gasteiger partial charge in [0.15, 0.2) is 0 Å². The Balaban J connectivity index is 2.73. The maximum atomic E-state index is 11.7. The van der Waals surface area contributed by atoms with E-state index in [1.807, 2.05) is 44.5 Å². The van der Waals surface area contributed by atoms with Crippen molar-refractivity contribution in [2.75, 3.05) is 19.1 Å². The Kier molecular flexibility index (Phi) is 5.16. The Morgan fingerprint density at radius 2 is 2.00 bits per heavy atom. The lowest BCUT2D eigenvalue weighted by molar-refractivity contribution is -0.128. The summed E-state index contributed by atoms with van der Waals surface area (Å²) < 4.78 is 0.